The fourth-order valence-electron chi connectivity index (χ4n) is 1.69. The normalized spacial score (nSPS) is 10.7. The Morgan fingerprint density at radius 1 is 1.39 bits per heavy atom. The van der Waals surface area contributed by atoms with Crippen LogP contribution >= 0.6 is 15.9 Å². The van der Waals surface area contributed by atoms with E-state index in [1.165, 1.54) is 0 Å². The number of anilines is 1. The first-order valence-electron chi connectivity index (χ1n) is 6.14. The predicted octanol–water partition coefficient (Wildman–Crippen LogP) is 2.10. The Bertz CT molecular complexity index is 405. The molecular formula is C13H20BrN3O. The van der Waals surface area contributed by atoms with Crippen molar-refractivity contribution in [2.24, 2.45) is 0 Å². The van der Waals surface area contributed by atoms with Crippen LogP contribution in [0.5, 0.6) is 0 Å². The van der Waals surface area contributed by atoms with E-state index in [-0.39, 0.29) is 5.91 Å². The zero-order chi connectivity index (χ0) is 13.5. The molecule has 0 saturated heterocycles. The number of nitrogens with two attached hydrogens (primary N) is 1. The first kappa shape index (κ1) is 15.0. The van der Waals surface area contributed by atoms with E-state index in [9.17, 15) is 4.79 Å². The number of amides is 1. The van der Waals surface area contributed by atoms with Crippen molar-refractivity contribution < 1.29 is 4.79 Å². The quantitative estimate of drug-likeness (QED) is 0.791. The number of benzene rings is 1. The van der Waals surface area contributed by atoms with Crippen molar-refractivity contribution in [1.29, 1.82) is 0 Å². The molecule has 1 aromatic carbocycles. The van der Waals surface area contributed by atoms with Gasteiger partial charge < -0.3 is 16.0 Å². The second kappa shape index (κ2) is 7.38. The molecule has 100 valence electrons. The molecular weight excluding hydrogens is 294 g/mol. The Kier molecular flexibility index (Phi) is 6.15. The molecule has 0 heterocycles. The van der Waals surface area contributed by atoms with Gasteiger partial charge in [-0.25, -0.2) is 0 Å². The van der Waals surface area contributed by atoms with Gasteiger partial charge in [0.05, 0.1) is 10.0 Å². The molecule has 0 aliphatic rings. The SMILES string of the molecule is CCN(CC)CCNC(=O)c1cccc(N)c1Br. The molecule has 0 aliphatic heterocycles. The number of likely N-dealkylation sites (N-methyl/N-ethyl adjacent to an activating group) is 1. The molecule has 1 amide bonds. The van der Waals surface area contributed by atoms with E-state index in [1.54, 1.807) is 18.2 Å². The van der Waals surface area contributed by atoms with Gasteiger partial charge in [-0.2, -0.15) is 0 Å². The first-order chi connectivity index (χ1) is 8.60. The lowest BCUT2D eigenvalue weighted by molar-refractivity contribution is 0.0948. The van der Waals surface area contributed by atoms with Gasteiger partial charge in [-0.15, -0.1) is 0 Å². The highest BCUT2D eigenvalue weighted by Crippen LogP contribution is 2.23. The van der Waals surface area contributed by atoms with Crippen molar-refractivity contribution in [2.75, 3.05) is 31.9 Å². The zero-order valence-electron chi connectivity index (χ0n) is 10.9. The van der Waals surface area contributed by atoms with Crippen molar-refractivity contribution >= 4 is 27.5 Å². The van der Waals surface area contributed by atoms with Crippen LogP contribution in [0.2, 0.25) is 0 Å². The van der Waals surface area contributed by atoms with E-state index in [0.29, 0.717) is 22.3 Å². The molecule has 4 nitrogen and oxygen atoms in total. The minimum absolute atomic E-state index is 0.0960. The predicted molar refractivity (Wildman–Crippen MR) is 78.7 cm³/mol. The molecule has 0 radical (unpaired) electrons. The largest absolute Gasteiger partial charge is 0.398 e. The fraction of sp³-hybridized carbons (Fsp3) is 0.462. The molecule has 0 bridgehead atoms. The van der Waals surface area contributed by atoms with Crippen LogP contribution in [-0.4, -0.2) is 37.0 Å². The van der Waals surface area contributed by atoms with Crippen molar-refractivity contribution in [2.45, 2.75) is 13.8 Å². The summed E-state index contributed by atoms with van der Waals surface area (Å²) in [6, 6.07) is 5.29. The summed E-state index contributed by atoms with van der Waals surface area (Å²) in [6.45, 7) is 7.71. The Labute approximate surface area is 117 Å². The number of nitrogen functional groups attached to an aromatic ring is 1. The topological polar surface area (TPSA) is 58.4 Å². The maximum absolute atomic E-state index is 12.0. The minimum atomic E-state index is -0.0960. The van der Waals surface area contributed by atoms with Crippen LogP contribution in [0.4, 0.5) is 5.69 Å². The molecule has 1 aromatic rings. The van der Waals surface area contributed by atoms with Crippen molar-refractivity contribution in [3.05, 3.63) is 28.2 Å². The highest BCUT2D eigenvalue weighted by atomic mass is 79.9. The standard InChI is InChI=1S/C13H20BrN3O/c1-3-17(4-2)9-8-16-13(18)10-6-5-7-11(15)12(10)14/h5-7H,3-4,8-9,15H2,1-2H3,(H,16,18). The van der Waals surface area contributed by atoms with Crippen LogP contribution in [0.3, 0.4) is 0 Å². The molecule has 0 atom stereocenters. The summed E-state index contributed by atoms with van der Waals surface area (Å²) in [7, 11) is 0. The average molecular weight is 314 g/mol. The van der Waals surface area contributed by atoms with Gasteiger partial charge in [-0.3, -0.25) is 4.79 Å². The second-order valence-corrected chi connectivity index (χ2v) is 4.78. The Balaban J connectivity index is 2.53. The van der Waals surface area contributed by atoms with E-state index in [1.807, 2.05) is 0 Å². The number of hydrogen-bond acceptors (Lipinski definition) is 3. The van der Waals surface area contributed by atoms with Gasteiger partial charge in [-0.05, 0) is 41.2 Å². The number of carbonyl (C=O) groups is 1. The summed E-state index contributed by atoms with van der Waals surface area (Å²) >= 11 is 3.33. The van der Waals surface area contributed by atoms with E-state index in [4.69, 9.17) is 5.73 Å². The Morgan fingerprint density at radius 2 is 2.06 bits per heavy atom. The molecule has 18 heavy (non-hydrogen) atoms. The van der Waals surface area contributed by atoms with Crippen LogP contribution in [0, 0.1) is 0 Å². The van der Waals surface area contributed by atoms with Crippen LogP contribution in [0.25, 0.3) is 0 Å². The van der Waals surface area contributed by atoms with Crippen molar-refractivity contribution in [3.8, 4) is 0 Å². The lowest BCUT2D eigenvalue weighted by Gasteiger charge is -2.18. The lowest BCUT2D eigenvalue weighted by Crippen LogP contribution is -2.34. The van der Waals surface area contributed by atoms with Gasteiger partial charge in [-0.1, -0.05) is 19.9 Å². The number of nitrogens with one attached hydrogen (secondary N) is 1. The van der Waals surface area contributed by atoms with Crippen molar-refractivity contribution in [3.63, 3.8) is 0 Å². The third-order valence-corrected chi connectivity index (χ3v) is 3.77. The summed E-state index contributed by atoms with van der Waals surface area (Å²) in [5.41, 5.74) is 6.90. The molecule has 0 aromatic heterocycles. The van der Waals surface area contributed by atoms with Gasteiger partial charge in [0, 0.05) is 18.8 Å². The third-order valence-electron chi connectivity index (χ3n) is 2.88. The molecule has 5 heteroatoms. The smallest absolute Gasteiger partial charge is 0.252 e. The summed E-state index contributed by atoms with van der Waals surface area (Å²) in [6.07, 6.45) is 0. The summed E-state index contributed by atoms with van der Waals surface area (Å²) in [5.74, 6) is -0.0960. The third kappa shape index (κ3) is 3.99. The lowest BCUT2D eigenvalue weighted by atomic mass is 10.2. The van der Waals surface area contributed by atoms with Crippen LogP contribution in [0.1, 0.15) is 24.2 Å². The molecule has 0 unspecified atom stereocenters. The average Bonchev–Trinajstić information content (AvgIpc) is 2.37. The monoisotopic (exact) mass is 313 g/mol. The molecule has 0 aliphatic carbocycles. The molecule has 0 spiro atoms. The highest BCUT2D eigenvalue weighted by molar-refractivity contribution is 9.10. The highest BCUT2D eigenvalue weighted by Gasteiger charge is 2.11. The number of nitrogens with zero attached hydrogens (tertiary/aromatic N) is 1. The summed E-state index contributed by atoms with van der Waals surface area (Å²) in [4.78, 5) is 14.2. The van der Waals surface area contributed by atoms with Crippen molar-refractivity contribution in [1.82, 2.24) is 10.2 Å². The maximum atomic E-state index is 12.0. The number of hydrogen-bond donors (Lipinski definition) is 2. The molecule has 3 N–H and O–H groups in total. The minimum Gasteiger partial charge on any atom is -0.398 e. The van der Waals surface area contributed by atoms with E-state index in [0.717, 1.165) is 19.6 Å². The van der Waals surface area contributed by atoms with Gasteiger partial charge in [0.2, 0.25) is 0 Å². The fourth-order valence-corrected chi connectivity index (χ4v) is 2.13. The van der Waals surface area contributed by atoms with E-state index < -0.39 is 0 Å². The van der Waals surface area contributed by atoms with Gasteiger partial charge in [0.25, 0.3) is 5.91 Å². The summed E-state index contributed by atoms with van der Waals surface area (Å²) in [5, 5.41) is 2.90. The van der Waals surface area contributed by atoms with E-state index >= 15 is 0 Å². The maximum Gasteiger partial charge on any atom is 0.252 e. The first-order valence-corrected chi connectivity index (χ1v) is 6.94. The molecule has 0 saturated carbocycles. The van der Waals surface area contributed by atoms with Gasteiger partial charge in [0.15, 0.2) is 0 Å². The number of carbonyl (C=O) groups excluding carboxylic acids is 1. The second-order valence-electron chi connectivity index (χ2n) is 3.99. The van der Waals surface area contributed by atoms with Crippen LogP contribution in [0.15, 0.2) is 22.7 Å². The van der Waals surface area contributed by atoms with Crippen LogP contribution < -0.4 is 11.1 Å². The van der Waals surface area contributed by atoms with Crippen LogP contribution in [-0.2, 0) is 0 Å². The number of rotatable bonds is 6. The number of halogens is 1. The Morgan fingerprint density at radius 3 is 2.67 bits per heavy atom. The Hall–Kier alpha value is -1.07. The summed E-state index contributed by atoms with van der Waals surface area (Å²) < 4.78 is 0.658. The van der Waals surface area contributed by atoms with E-state index in [2.05, 4.69) is 40.0 Å². The molecule has 1 rings (SSSR count). The molecule has 0 fully saturated rings. The zero-order valence-corrected chi connectivity index (χ0v) is 12.5. The van der Waals surface area contributed by atoms with Gasteiger partial charge in [0.1, 0.15) is 0 Å². The van der Waals surface area contributed by atoms with Gasteiger partial charge >= 0.3 is 0 Å².